The first-order chi connectivity index (χ1) is 6.09. The molecule has 0 unspecified atom stereocenters. The number of hydrogen-bond acceptors (Lipinski definition) is 3. The van der Waals surface area contributed by atoms with Crippen LogP contribution in [0.3, 0.4) is 0 Å². The van der Waals surface area contributed by atoms with Gasteiger partial charge in [0.25, 0.3) is 0 Å². The Kier molecular flexibility index (Phi) is 3.72. The van der Waals surface area contributed by atoms with Crippen molar-refractivity contribution in [3.05, 3.63) is 17.6 Å². The number of aromatic nitrogens is 2. The molecule has 0 aliphatic heterocycles. The minimum absolute atomic E-state index is 0.701. The van der Waals surface area contributed by atoms with E-state index in [-0.39, 0.29) is 0 Å². The van der Waals surface area contributed by atoms with Crippen LogP contribution in [-0.4, -0.2) is 15.7 Å². The molecule has 0 saturated heterocycles. The van der Waals surface area contributed by atoms with Gasteiger partial charge in [0.15, 0.2) is 0 Å². The van der Waals surface area contributed by atoms with E-state index in [0.29, 0.717) is 5.92 Å². The van der Waals surface area contributed by atoms with Gasteiger partial charge in [-0.3, -0.25) is 4.98 Å². The van der Waals surface area contributed by atoms with Gasteiger partial charge >= 0.3 is 0 Å². The molecule has 3 heteroatoms. The third-order valence-electron chi connectivity index (χ3n) is 1.58. The summed E-state index contributed by atoms with van der Waals surface area (Å²) >= 11 is 1.79. The van der Waals surface area contributed by atoms with Gasteiger partial charge in [-0.25, -0.2) is 4.98 Å². The average Bonchev–Trinajstić information content (AvgIpc) is 2.02. The predicted octanol–water partition coefficient (Wildman–Crippen LogP) is 2.84. The van der Waals surface area contributed by atoms with Crippen molar-refractivity contribution in [2.75, 3.05) is 5.75 Å². The molecule has 0 aliphatic carbocycles. The van der Waals surface area contributed by atoms with Crippen molar-refractivity contribution in [1.82, 2.24) is 9.97 Å². The van der Waals surface area contributed by atoms with E-state index in [4.69, 9.17) is 0 Å². The Bertz CT molecular complexity index is 284. The summed E-state index contributed by atoms with van der Waals surface area (Å²) < 4.78 is 0. The molecule has 0 aliphatic rings. The molecule has 72 valence electrons. The summed E-state index contributed by atoms with van der Waals surface area (Å²) in [6.45, 7) is 8.41. The first-order valence-corrected chi connectivity index (χ1v) is 5.51. The summed E-state index contributed by atoms with van der Waals surface area (Å²) in [7, 11) is 0. The highest BCUT2D eigenvalue weighted by Crippen LogP contribution is 2.20. The van der Waals surface area contributed by atoms with Crippen LogP contribution in [0, 0.1) is 19.8 Å². The summed E-state index contributed by atoms with van der Waals surface area (Å²) in [4.78, 5) is 8.72. The van der Waals surface area contributed by atoms with E-state index in [1.807, 2.05) is 20.0 Å². The Balaban J connectivity index is 2.67. The molecular formula is C10H16N2S. The maximum absolute atomic E-state index is 4.37. The van der Waals surface area contributed by atoms with E-state index in [1.165, 1.54) is 0 Å². The maximum atomic E-state index is 4.37. The lowest BCUT2D eigenvalue weighted by Gasteiger charge is -2.06. The Hall–Kier alpha value is -0.570. The fourth-order valence-corrected chi connectivity index (χ4v) is 1.85. The third-order valence-corrected chi connectivity index (χ3v) is 3.08. The molecule has 0 amide bonds. The number of aryl methyl sites for hydroxylation is 2. The molecule has 0 atom stereocenters. The van der Waals surface area contributed by atoms with Gasteiger partial charge in [0, 0.05) is 11.9 Å². The third kappa shape index (κ3) is 3.35. The molecule has 2 nitrogen and oxygen atoms in total. The van der Waals surface area contributed by atoms with Gasteiger partial charge in [0.2, 0.25) is 0 Å². The molecule has 1 aromatic heterocycles. The smallest absolute Gasteiger partial charge is 0.117 e. The molecule has 1 aromatic rings. The monoisotopic (exact) mass is 196 g/mol. The van der Waals surface area contributed by atoms with E-state index < -0.39 is 0 Å². The molecule has 1 heterocycles. The zero-order valence-electron chi connectivity index (χ0n) is 8.66. The number of rotatable bonds is 3. The molecular weight excluding hydrogens is 180 g/mol. The first-order valence-electron chi connectivity index (χ1n) is 4.52. The second-order valence-electron chi connectivity index (χ2n) is 3.61. The molecule has 0 saturated carbocycles. The summed E-state index contributed by atoms with van der Waals surface area (Å²) in [5, 5.41) is 1.07. The number of thioether (sulfide) groups is 1. The Morgan fingerprint density at radius 2 is 2.08 bits per heavy atom. The lowest BCUT2D eigenvalue weighted by molar-refractivity contribution is 0.748. The van der Waals surface area contributed by atoms with Crippen LogP contribution in [-0.2, 0) is 0 Å². The highest BCUT2D eigenvalue weighted by molar-refractivity contribution is 7.99. The topological polar surface area (TPSA) is 25.8 Å². The van der Waals surface area contributed by atoms with Crippen LogP contribution in [0.2, 0.25) is 0 Å². The summed E-state index contributed by atoms with van der Waals surface area (Å²) in [5.41, 5.74) is 2.04. The standard InChI is InChI=1S/C10H16N2S/c1-7(2)6-13-10-9(4)12-8(3)5-11-10/h5,7H,6H2,1-4H3. The lowest BCUT2D eigenvalue weighted by Crippen LogP contribution is -1.96. The number of hydrogen-bond donors (Lipinski definition) is 0. The second-order valence-corrected chi connectivity index (χ2v) is 4.62. The van der Waals surface area contributed by atoms with Crippen LogP contribution >= 0.6 is 11.8 Å². The van der Waals surface area contributed by atoms with Crippen molar-refractivity contribution in [2.24, 2.45) is 5.92 Å². The van der Waals surface area contributed by atoms with E-state index in [2.05, 4.69) is 23.8 Å². The first kappa shape index (κ1) is 10.5. The van der Waals surface area contributed by atoms with E-state index >= 15 is 0 Å². The van der Waals surface area contributed by atoms with Crippen molar-refractivity contribution in [3.8, 4) is 0 Å². The van der Waals surface area contributed by atoms with E-state index in [1.54, 1.807) is 11.8 Å². The molecule has 0 radical (unpaired) electrons. The maximum Gasteiger partial charge on any atom is 0.117 e. The van der Waals surface area contributed by atoms with Crippen LogP contribution in [0.5, 0.6) is 0 Å². The number of nitrogens with zero attached hydrogens (tertiary/aromatic N) is 2. The molecule has 0 N–H and O–H groups in total. The summed E-state index contributed by atoms with van der Waals surface area (Å²) in [6.07, 6.45) is 1.83. The zero-order valence-corrected chi connectivity index (χ0v) is 9.48. The molecule has 0 fully saturated rings. The van der Waals surface area contributed by atoms with Gasteiger partial charge in [-0.1, -0.05) is 13.8 Å². The molecule has 13 heavy (non-hydrogen) atoms. The van der Waals surface area contributed by atoms with Crippen LogP contribution in [0.1, 0.15) is 25.2 Å². The average molecular weight is 196 g/mol. The fraction of sp³-hybridized carbons (Fsp3) is 0.600. The molecule has 0 aromatic carbocycles. The fourth-order valence-electron chi connectivity index (χ4n) is 0.974. The van der Waals surface area contributed by atoms with Crippen molar-refractivity contribution in [1.29, 1.82) is 0 Å². The highest BCUT2D eigenvalue weighted by Gasteiger charge is 2.03. The van der Waals surface area contributed by atoms with Gasteiger partial charge in [-0.2, -0.15) is 0 Å². The van der Waals surface area contributed by atoms with Crippen molar-refractivity contribution in [3.63, 3.8) is 0 Å². The van der Waals surface area contributed by atoms with Gasteiger partial charge in [-0.05, 0) is 19.8 Å². The van der Waals surface area contributed by atoms with Crippen molar-refractivity contribution in [2.45, 2.75) is 32.7 Å². The Morgan fingerprint density at radius 1 is 1.38 bits per heavy atom. The van der Waals surface area contributed by atoms with E-state index in [0.717, 1.165) is 22.2 Å². The van der Waals surface area contributed by atoms with Crippen molar-refractivity contribution < 1.29 is 0 Å². The Morgan fingerprint density at radius 3 is 2.62 bits per heavy atom. The van der Waals surface area contributed by atoms with Crippen LogP contribution in [0.4, 0.5) is 0 Å². The van der Waals surface area contributed by atoms with Gasteiger partial charge in [0.05, 0.1) is 11.4 Å². The van der Waals surface area contributed by atoms with E-state index in [9.17, 15) is 0 Å². The van der Waals surface area contributed by atoms with Gasteiger partial charge < -0.3 is 0 Å². The Labute approximate surface area is 84.2 Å². The van der Waals surface area contributed by atoms with Gasteiger partial charge in [0.1, 0.15) is 5.03 Å². The summed E-state index contributed by atoms with van der Waals surface area (Å²) in [6, 6.07) is 0. The molecule has 0 bridgehead atoms. The highest BCUT2D eigenvalue weighted by atomic mass is 32.2. The molecule has 0 spiro atoms. The second kappa shape index (κ2) is 4.61. The lowest BCUT2D eigenvalue weighted by atomic mass is 10.3. The minimum atomic E-state index is 0.701. The summed E-state index contributed by atoms with van der Waals surface area (Å²) in [5.74, 6) is 1.81. The van der Waals surface area contributed by atoms with Gasteiger partial charge in [-0.15, -0.1) is 11.8 Å². The largest absolute Gasteiger partial charge is 0.254 e. The van der Waals surface area contributed by atoms with Crippen molar-refractivity contribution >= 4 is 11.8 Å². The quantitative estimate of drug-likeness (QED) is 0.695. The van der Waals surface area contributed by atoms with Crippen LogP contribution < -0.4 is 0 Å². The van der Waals surface area contributed by atoms with Crippen LogP contribution in [0.25, 0.3) is 0 Å². The SMILES string of the molecule is Cc1cnc(SCC(C)C)c(C)n1. The normalized spacial score (nSPS) is 10.8. The predicted molar refractivity (Wildman–Crippen MR) is 57.1 cm³/mol. The zero-order chi connectivity index (χ0) is 9.84. The molecule has 1 rings (SSSR count). The minimum Gasteiger partial charge on any atom is -0.254 e. The van der Waals surface area contributed by atoms with Crippen LogP contribution in [0.15, 0.2) is 11.2 Å².